The zero-order valence-electron chi connectivity index (χ0n) is 48.6. The molecule has 2 heterocycles. The Balaban J connectivity index is -0.000000174. The van der Waals surface area contributed by atoms with E-state index in [0.29, 0.717) is 0 Å². The SMILES string of the molecule is CCCCCCC.Cc1cc(C)c(-n2[c-][n+](-c3c(C)cc(C)cc3C)cc2)c(C)c1.Cc1cc(C)c(-n2[c-][n+](-c3c(C)cc(C)cc3C)cc2)c(C)c1.S=[C-][S-].S=[C-][S-].[C-]#[O+].[C-]#[O+].[C-]#[O+].[C-]#[O+].[Cu+2].[Cu+2].[Fe].[Fe].c1cc[cH-]c1.c1cc[cH-]c1. The standard InChI is InChI=1S/2C21H24N2.C7H16.2C5H5.4CO.2CS2.2Cu.2Fe/c2*1-14-9-16(3)20(17(4)10-14)22-7-8-23(13-22)21-18(5)11-15(2)12-19(21)6;1-3-5-7-6-4-2;2*1-2-4-5-3-1;4*1-2;2*2-1-3;;;;/h2*7-12H,1-6H3;3-7H2,1-2H3;2*1-5H;;;;;;;;;;/q;;;2*-1;;;;;2*-2;2*+2;;. The van der Waals surface area contributed by atoms with Gasteiger partial charge in [-0.2, -0.15) is 36.4 Å². The van der Waals surface area contributed by atoms with Crippen LogP contribution >= 0.6 is 24.4 Å². The number of hydrogen-bond donors (Lipinski definition) is 0. The first-order valence-electron chi connectivity index (χ1n) is 24.5. The molecule has 6 aromatic carbocycles. The van der Waals surface area contributed by atoms with E-state index < -0.39 is 0 Å². The summed E-state index contributed by atoms with van der Waals surface area (Å²) in [5, 5.41) is 0. The first-order valence-corrected chi connectivity index (χ1v) is 26.1. The molecule has 0 aliphatic heterocycles. The fraction of sp³-hybridized carbons (Fsp3) is 0.292. The second-order valence-corrected chi connectivity index (χ2v) is 18.8. The Labute approximate surface area is 551 Å². The van der Waals surface area contributed by atoms with Crippen molar-refractivity contribution in [3.8, 4) is 22.7 Å². The fourth-order valence-corrected chi connectivity index (χ4v) is 8.66. The molecule has 0 saturated heterocycles. The van der Waals surface area contributed by atoms with Crippen LogP contribution in [-0.2, 0) is 112 Å². The van der Waals surface area contributed by atoms with E-state index in [1.165, 1.54) is 122 Å². The van der Waals surface area contributed by atoms with Crippen LogP contribution in [0.1, 0.15) is 113 Å². The molecule has 0 aliphatic carbocycles. The minimum absolute atomic E-state index is 0. The molecule has 0 amide bonds. The predicted molar refractivity (Wildman–Crippen MR) is 323 cm³/mol. The van der Waals surface area contributed by atoms with Crippen LogP contribution in [0.4, 0.5) is 0 Å². The Bertz CT molecular complexity index is 2470. The Hall–Kier alpha value is -4.34. The van der Waals surface area contributed by atoms with Gasteiger partial charge in [-0.05, 0) is 128 Å². The van der Waals surface area contributed by atoms with E-state index in [-0.39, 0.29) is 68.3 Å². The van der Waals surface area contributed by atoms with Crippen LogP contribution in [0.15, 0.2) is 134 Å². The molecule has 0 spiro atoms. The maximum atomic E-state index is 7.50. The van der Waals surface area contributed by atoms with Gasteiger partial charge in [-0.25, -0.2) is 24.3 Å². The molecule has 0 bridgehead atoms. The monoisotopic (exact) mass is 1340 g/mol. The second-order valence-electron chi connectivity index (χ2n) is 17.4. The third-order valence-corrected chi connectivity index (χ3v) is 11.0. The predicted octanol–water partition coefficient (Wildman–Crippen LogP) is 15.2. The van der Waals surface area contributed by atoms with Crippen LogP contribution in [0.3, 0.4) is 0 Å². The Morgan fingerprint density at radius 1 is 0.444 bits per heavy atom. The molecular weight excluding hydrogens is 1270 g/mol. The second kappa shape index (κ2) is 56.2. The van der Waals surface area contributed by atoms with Crippen LogP contribution < -0.4 is 9.13 Å². The van der Waals surface area contributed by atoms with Crippen LogP contribution in [0.2, 0.25) is 0 Å². The van der Waals surface area contributed by atoms with Crippen molar-refractivity contribution in [2.75, 3.05) is 0 Å². The first kappa shape index (κ1) is 90.4. The molecule has 16 heteroatoms. The van der Waals surface area contributed by atoms with E-state index in [0.717, 1.165) is 0 Å². The quantitative estimate of drug-likeness (QED) is 0.0288. The summed E-state index contributed by atoms with van der Waals surface area (Å²) in [5.41, 5.74) is 20.3. The molecule has 8 aromatic rings. The maximum Gasteiger partial charge on any atom is 2.00 e. The zero-order valence-corrected chi connectivity index (χ0v) is 56.0. The molecule has 0 aliphatic rings. The molecule has 8 nitrogen and oxygen atoms in total. The molecule has 0 saturated carbocycles. The summed E-state index contributed by atoms with van der Waals surface area (Å²) in [5.74, 6) is 0. The number of rotatable bonds is 8. The molecule has 2 aromatic heterocycles. The van der Waals surface area contributed by atoms with Gasteiger partial charge in [-0.3, -0.25) is 18.3 Å². The summed E-state index contributed by atoms with van der Waals surface area (Å²) >= 11 is 15.8. The van der Waals surface area contributed by atoms with Crippen LogP contribution in [0.5, 0.6) is 0 Å². The summed E-state index contributed by atoms with van der Waals surface area (Å²) in [6.45, 7) is 48.4. The number of thiocarbonyl (C=S) groups is 2. The fourth-order valence-electron chi connectivity index (χ4n) is 8.66. The normalized spacial score (nSPS) is 8.47. The van der Waals surface area contributed by atoms with E-state index >= 15 is 0 Å². The molecule has 81 heavy (non-hydrogen) atoms. The summed E-state index contributed by atoms with van der Waals surface area (Å²) in [6, 6.07) is 37.8. The average Bonchev–Trinajstić information content (AvgIpc) is 4.26. The molecule has 8 rings (SSSR count). The Morgan fingerprint density at radius 2 is 0.654 bits per heavy atom. The number of benzene rings is 4. The third kappa shape index (κ3) is 35.4. The van der Waals surface area contributed by atoms with E-state index in [9.17, 15) is 0 Å². The van der Waals surface area contributed by atoms with E-state index in [2.05, 4.69) is 277 Å². The van der Waals surface area contributed by atoms with Gasteiger partial charge in [0, 0.05) is 58.9 Å². The Morgan fingerprint density at radius 3 is 0.840 bits per heavy atom. The van der Waals surface area contributed by atoms with Gasteiger partial charge >= 0.3 is 79.3 Å². The number of imidazole rings is 2. The molecule has 0 fully saturated rings. The van der Waals surface area contributed by atoms with Crippen molar-refractivity contribution in [3.63, 3.8) is 0 Å². The zero-order chi connectivity index (χ0) is 59.5. The van der Waals surface area contributed by atoms with E-state index in [1.807, 2.05) is 70.1 Å². The van der Waals surface area contributed by atoms with Crippen molar-refractivity contribution >= 4 is 59.1 Å². The van der Waals surface area contributed by atoms with Gasteiger partial charge in [0.15, 0.2) is 0 Å². The average molecular weight is 1340 g/mol. The van der Waals surface area contributed by atoms with Gasteiger partial charge in [0.25, 0.3) is 12.7 Å². The van der Waals surface area contributed by atoms with Gasteiger partial charge in [-0.1, -0.05) is 117 Å². The van der Waals surface area contributed by atoms with E-state index in [4.69, 9.17) is 18.6 Å². The van der Waals surface area contributed by atoms with Crippen LogP contribution in [0, 0.1) is 122 Å². The number of hydrogen-bond acceptors (Lipinski definition) is 4. The Kier molecular flexibility index (Phi) is 62.7. The minimum Gasteiger partial charge on any atom is -0.214 e. The number of unbranched alkanes of at least 4 members (excludes halogenated alkanes) is 4. The van der Waals surface area contributed by atoms with Crippen LogP contribution in [-0.4, -0.2) is 18.5 Å². The van der Waals surface area contributed by atoms with Gasteiger partial charge in [0.1, 0.15) is 0 Å². The molecule has 0 unspecified atom stereocenters. The summed E-state index contributed by atoms with van der Waals surface area (Å²) < 4.78 is 42.2. The smallest absolute Gasteiger partial charge is 0.214 e. The minimum atomic E-state index is 0. The van der Waals surface area contributed by atoms with Gasteiger partial charge in [0.2, 0.25) is 0 Å². The summed E-state index contributed by atoms with van der Waals surface area (Å²) in [4.78, 5) is 0. The van der Waals surface area contributed by atoms with Gasteiger partial charge in [0.05, 0.1) is 22.7 Å². The molecule has 0 N–H and O–H groups in total. The maximum absolute atomic E-state index is 7.50. The summed E-state index contributed by atoms with van der Waals surface area (Å²) in [6.07, 6.45) is 22.3. The number of aromatic nitrogens is 4. The van der Waals surface area contributed by atoms with Crippen LogP contribution in [0.25, 0.3) is 22.7 Å². The first-order chi connectivity index (χ1) is 37.0. The molecular formula is C65H74Cu2Fe2N4O4S4-2. The van der Waals surface area contributed by atoms with Crippen molar-refractivity contribution in [3.05, 3.63) is 240 Å². The van der Waals surface area contributed by atoms with Crippen molar-refractivity contribution in [2.24, 2.45) is 0 Å². The molecule has 442 valence electrons. The number of nitrogens with zero attached hydrogens (tertiary/aromatic N) is 4. The van der Waals surface area contributed by atoms with Crippen molar-refractivity contribution in [1.29, 1.82) is 0 Å². The van der Waals surface area contributed by atoms with Crippen molar-refractivity contribution in [1.82, 2.24) is 9.13 Å². The van der Waals surface area contributed by atoms with Crippen molar-refractivity contribution in [2.45, 2.75) is 129 Å². The largest absolute Gasteiger partial charge is 2.00 e. The van der Waals surface area contributed by atoms with Gasteiger partial charge < -0.3 is 59.1 Å². The third-order valence-electron chi connectivity index (χ3n) is 11.0. The number of aryl methyl sites for hydroxylation is 12. The summed E-state index contributed by atoms with van der Waals surface area (Å²) in [7, 11) is 0. The van der Waals surface area contributed by atoms with Crippen molar-refractivity contribution < 1.29 is 96.0 Å². The van der Waals surface area contributed by atoms with Gasteiger partial charge in [-0.15, -0.1) is 0 Å². The molecule has 2 radical (unpaired) electrons. The van der Waals surface area contributed by atoms with E-state index in [1.54, 1.807) is 0 Å². The molecule has 0 atom stereocenters. The topological polar surface area (TPSA) is 97.2 Å².